The minimum Gasteiger partial charge on any atom is -0.494 e. The zero-order valence-corrected chi connectivity index (χ0v) is 19.5. The van der Waals surface area contributed by atoms with Crippen LogP contribution in [0.25, 0.3) is 0 Å². The van der Waals surface area contributed by atoms with Crippen LogP contribution < -0.4 is 9.64 Å². The molecule has 0 bridgehead atoms. The van der Waals surface area contributed by atoms with Gasteiger partial charge in [-0.15, -0.1) is 13.2 Å². The summed E-state index contributed by atoms with van der Waals surface area (Å²) in [5, 5.41) is 17.7. The number of anilines is 1. The van der Waals surface area contributed by atoms with Crippen LogP contribution in [-0.4, -0.2) is 26.4 Å². The highest BCUT2D eigenvalue weighted by Gasteiger charge is 2.10. The molecule has 0 radical (unpaired) electrons. The fourth-order valence-corrected chi connectivity index (χ4v) is 3.36. The van der Waals surface area contributed by atoms with Gasteiger partial charge in [0.05, 0.1) is 30.1 Å². The van der Waals surface area contributed by atoms with Gasteiger partial charge in [0.25, 0.3) is 0 Å². The number of aliphatic imine (C=N–C) groups is 1. The van der Waals surface area contributed by atoms with Crippen molar-refractivity contribution in [2.45, 2.75) is 6.92 Å². The molecule has 3 aromatic rings. The minimum absolute atomic E-state index is 0.612. The normalized spacial score (nSPS) is 10.9. The van der Waals surface area contributed by atoms with Gasteiger partial charge in [-0.3, -0.25) is 4.99 Å². The lowest BCUT2D eigenvalue weighted by molar-refractivity contribution is 0.413. The maximum atomic E-state index is 8.93. The molecule has 0 saturated carbocycles. The topological polar surface area (TPSA) is 73.3 Å². The van der Waals surface area contributed by atoms with Crippen LogP contribution >= 0.6 is 0 Å². The maximum absolute atomic E-state index is 8.93. The van der Waals surface area contributed by atoms with Gasteiger partial charge in [-0.05, 0) is 61.0 Å². The van der Waals surface area contributed by atoms with Crippen molar-refractivity contribution in [3.05, 3.63) is 103 Å². The molecule has 3 aromatic carbocycles. The van der Waals surface area contributed by atoms with Crippen molar-refractivity contribution < 1.29 is 4.74 Å². The van der Waals surface area contributed by atoms with E-state index >= 15 is 0 Å². The molecule has 170 valence electrons. The highest BCUT2D eigenvalue weighted by Crippen LogP contribution is 2.37. The molecule has 6 heteroatoms. The molecule has 0 aliphatic rings. The van der Waals surface area contributed by atoms with Crippen molar-refractivity contribution in [3.63, 3.8) is 0 Å². The Bertz CT molecular complexity index is 1230. The first-order valence-electron chi connectivity index (χ1n) is 10.8. The summed E-state index contributed by atoms with van der Waals surface area (Å²) in [4.78, 5) is 6.72. The molecule has 0 N–H and O–H groups in total. The first kappa shape index (κ1) is 24.1. The molecule has 34 heavy (non-hydrogen) atoms. The molecule has 0 aliphatic heterocycles. The molecule has 0 amide bonds. The van der Waals surface area contributed by atoms with Crippen molar-refractivity contribution in [3.8, 4) is 11.8 Å². The number of nitrogens with zero attached hydrogens (tertiary/aromatic N) is 5. The van der Waals surface area contributed by atoms with Crippen LogP contribution in [0.2, 0.25) is 0 Å². The molecule has 0 atom stereocenters. The number of methoxy groups -OCH3 is 1. The van der Waals surface area contributed by atoms with Crippen LogP contribution in [0.3, 0.4) is 0 Å². The summed E-state index contributed by atoms with van der Waals surface area (Å²) in [6.07, 6.45) is 5.47. The fourth-order valence-electron chi connectivity index (χ4n) is 3.36. The number of nitriles is 1. The third kappa shape index (κ3) is 6.05. The Morgan fingerprint density at radius 3 is 2.15 bits per heavy atom. The molecule has 0 heterocycles. The second-order valence-electron chi connectivity index (χ2n) is 7.45. The van der Waals surface area contributed by atoms with E-state index in [1.807, 2.05) is 67.6 Å². The van der Waals surface area contributed by atoms with Crippen molar-refractivity contribution in [2.75, 3.05) is 25.1 Å². The predicted molar refractivity (Wildman–Crippen MR) is 139 cm³/mol. The monoisotopic (exact) mass is 449 g/mol. The van der Waals surface area contributed by atoms with Crippen LogP contribution in [-0.2, 0) is 0 Å². The van der Waals surface area contributed by atoms with Gasteiger partial charge in [-0.1, -0.05) is 24.3 Å². The quantitative estimate of drug-likeness (QED) is 0.186. The summed E-state index contributed by atoms with van der Waals surface area (Å²) in [6.45, 7) is 11.0. The van der Waals surface area contributed by atoms with Crippen molar-refractivity contribution >= 4 is 29.0 Å². The fraction of sp³-hybridized carbons (Fsp3) is 0.143. The smallest absolute Gasteiger partial charge is 0.149 e. The average molecular weight is 450 g/mol. The summed E-state index contributed by atoms with van der Waals surface area (Å²) in [5.41, 5.74) is 5.57. The van der Waals surface area contributed by atoms with Gasteiger partial charge in [0, 0.05) is 30.6 Å². The summed E-state index contributed by atoms with van der Waals surface area (Å²) in [5.74, 6) is 0.640. The van der Waals surface area contributed by atoms with E-state index in [1.54, 1.807) is 25.5 Å². The van der Waals surface area contributed by atoms with E-state index in [2.05, 4.69) is 39.3 Å². The number of azo groups is 1. The van der Waals surface area contributed by atoms with Crippen LogP contribution in [0.4, 0.5) is 22.7 Å². The number of hydrogen-bond donors (Lipinski definition) is 0. The minimum atomic E-state index is 0.612. The van der Waals surface area contributed by atoms with Gasteiger partial charge in [0.2, 0.25) is 0 Å². The number of hydrogen-bond acceptors (Lipinski definition) is 6. The van der Waals surface area contributed by atoms with E-state index in [1.165, 1.54) is 0 Å². The summed E-state index contributed by atoms with van der Waals surface area (Å²) >= 11 is 0. The highest BCUT2D eigenvalue weighted by atomic mass is 16.5. The summed E-state index contributed by atoms with van der Waals surface area (Å²) in [6, 6.07) is 20.9. The number of benzene rings is 3. The molecule has 0 aromatic heterocycles. The predicted octanol–water partition coefficient (Wildman–Crippen LogP) is 7.22. The SMILES string of the molecule is C=CCN(CC=C)c1ccc(N=Nc2ccc(N=Cc3ccc(C#N)cc3)c(OC)c2C)cc1. The van der Waals surface area contributed by atoms with E-state index in [0.717, 1.165) is 35.6 Å². The second-order valence-corrected chi connectivity index (χ2v) is 7.45. The van der Waals surface area contributed by atoms with E-state index in [9.17, 15) is 0 Å². The van der Waals surface area contributed by atoms with Gasteiger partial charge in [-0.2, -0.15) is 15.5 Å². The molecular formula is C28H27N5O. The molecule has 6 nitrogen and oxygen atoms in total. The van der Waals surface area contributed by atoms with Crippen molar-refractivity contribution in [2.24, 2.45) is 15.2 Å². The molecule has 0 aliphatic carbocycles. The Hall–Kier alpha value is -4.50. The van der Waals surface area contributed by atoms with E-state index < -0.39 is 0 Å². The maximum Gasteiger partial charge on any atom is 0.149 e. The Morgan fingerprint density at radius 2 is 1.56 bits per heavy atom. The van der Waals surface area contributed by atoms with Gasteiger partial charge >= 0.3 is 0 Å². The van der Waals surface area contributed by atoms with Gasteiger partial charge in [-0.25, -0.2) is 0 Å². The lowest BCUT2D eigenvalue weighted by Gasteiger charge is -2.21. The average Bonchev–Trinajstić information content (AvgIpc) is 2.87. The van der Waals surface area contributed by atoms with Crippen LogP contribution in [0.15, 0.2) is 101 Å². The van der Waals surface area contributed by atoms with E-state index in [4.69, 9.17) is 10.00 Å². The summed E-state index contributed by atoms with van der Waals surface area (Å²) < 4.78 is 5.60. The first-order valence-corrected chi connectivity index (χ1v) is 10.8. The molecule has 0 fully saturated rings. The second kappa shape index (κ2) is 11.9. The van der Waals surface area contributed by atoms with Gasteiger partial charge in [0.15, 0.2) is 0 Å². The van der Waals surface area contributed by atoms with Gasteiger partial charge in [0.1, 0.15) is 11.4 Å². The Kier molecular flexibility index (Phi) is 8.48. The van der Waals surface area contributed by atoms with E-state index in [0.29, 0.717) is 22.7 Å². The number of ether oxygens (including phenoxy) is 1. The van der Waals surface area contributed by atoms with Crippen LogP contribution in [0.5, 0.6) is 5.75 Å². The van der Waals surface area contributed by atoms with Crippen LogP contribution in [0, 0.1) is 18.3 Å². The Balaban J connectivity index is 1.78. The van der Waals surface area contributed by atoms with Gasteiger partial charge < -0.3 is 9.64 Å². The lowest BCUT2D eigenvalue weighted by atomic mass is 10.1. The zero-order chi connectivity index (χ0) is 24.3. The van der Waals surface area contributed by atoms with Crippen molar-refractivity contribution in [1.29, 1.82) is 5.26 Å². The van der Waals surface area contributed by atoms with Crippen LogP contribution in [0.1, 0.15) is 16.7 Å². The molecule has 0 unspecified atom stereocenters. The molecule has 0 saturated heterocycles. The largest absolute Gasteiger partial charge is 0.494 e. The summed E-state index contributed by atoms with van der Waals surface area (Å²) in [7, 11) is 1.61. The highest BCUT2D eigenvalue weighted by molar-refractivity contribution is 5.83. The number of rotatable bonds is 10. The van der Waals surface area contributed by atoms with Crippen molar-refractivity contribution in [1.82, 2.24) is 0 Å². The Morgan fingerprint density at radius 1 is 0.912 bits per heavy atom. The lowest BCUT2D eigenvalue weighted by Crippen LogP contribution is -2.22. The third-order valence-corrected chi connectivity index (χ3v) is 5.14. The molecule has 0 spiro atoms. The third-order valence-electron chi connectivity index (χ3n) is 5.14. The zero-order valence-electron chi connectivity index (χ0n) is 19.5. The molecule has 3 rings (SSSR count). The Labute approximate surface area is 200 Å². The molecular weight excluding hydrogens is 422 g/mol. The van der Waals surface area contributed by atoms with E-state index in [-0.39, 0.29) is 0 Å². The first-order chi connectivity index (χ1) is 16.6. The standard InChI is InChI=1S/C28H27N5O/c1-5-17-33(18-6-2)25-13-11-24(12-14-25)31-32-26-15-16-27(28(34-4)21(26)3)30-20-23-9-7-22(19-29)8-10-23/h5-16,20H,1-2,17-18H2,3-4H3.